The summed E-state index contributed by atoms with van der Waals surface area (Å²) >= 11 is 0. The molecule has 5 aromatic carbocycles. The number of aryl methyl sites for hydroxylation is 2. The average molecular weight is 502 g/mol. The highest BCUT2D eigenvalue weighted by Crippen LogP contribution is 2.37. The molecule has 39 heavy (non-hydrogen) atoms. The van der Waals surface area contributed by atoms with Gasteiger partial charge in [0.05, 0.1) is 5.52 Å². The van der Waals surface area contributed by atoms with Gasteiger partial charge >= 0.3 is 0 Å². The summed E-state index contributed by atoms with van der Waals surface area (Å²) in [6.07, 6.45) is 6.77. The molecule has 2 heterocycles. The molecule has 2 nitrogen and oxygen atoms in total. The number of aromatic nitrogens is 1. The Bertz CT molecular complexity index is 2070. The number of furan rings is 1. The molecule has 8 rings (SSSR count). The molecule has 0 aliphatic heterocycles. The highest BCUT2D eigenvalue weighted by Gasteiger charge is 2.19. The number of benzene rings is 5. The molecule has 0 amide bonds. The standard InChI is InChI=1S/C37H27NO/c1-24-7-6-8-26(21-24)27-15-19-31-30-9-2-4-11-34(30)38(35(31)22-27)29-17-13-25(14-18-29)28-16-20-33-32-10-3-5-12-36(32)39-37(33)23-28/h3-8,10-23H,2,9H2,1H3. The van der Waals surface area contributed by atoms with Crippen molar-refractivity contribution >= 4 is 38.9 Å². The molecule has 0 radical (unpaired) electrons. The summed E-state index contributed by atoms with van der Waals surface area (Å²) in [5, 5.41) is 3.68. The molecule has 186 valence electrons. The molecule has 7 aromatic rings. The van der Waals surface area contributed by atoms with Crippen molar-refractivity contribution in [1.82, 2.24) is 4.57 Å². The maximum absolute atomic E-state index is 6.15. The number of allylic oxidation sites excluding steroid dienone is 1. The summed E-state index contributed by atoms with van der Waals surface area (Å²) in [5.74, 6) is 0. The van der Waals surface area contributed by atoms with Crippen LogP contribution in [-0.2, 0) is 6.42 Å². The first-order chi connectivity index (χ1) is 19.2. The van der Waals surface area contributed by atoms with Crippen LogP contribution in [0.25, 0.3) is 66.9 Å². The molecule has 2 aromatic heterocycles. The smallest absolute Gasteiger partial charge is 0.136 e. The highest BCUT2D eigenvalue weighted by molar-refractivity contribution is 6.05. The molecular weight excluding hydrogens is 474 g/mol. The van der Waals surface area contributed by atoms with Crippen molar-refractivity contribution in [2.24, 2.45) is 0 Å². The van der Waals surface area contributed by atoms with Crippen molar-refractivity contribution < 1.29 is 4.42 Å². The van der Waals surface area contributed by atoms with E-state index in [9.17, 15) is 0 Å². The van der Waals surface area contributed by atoms with E-state index in [1.807, 2.05) is 12.1 Å². The lowest BCUT2D eigenvalue weighted by molar-refractivity contribution is 0.669. The Balaban J connectivity index is 1.25. The molecule has 0 spiro atoms. The number of fused-ring (bicyclic) bond motifs is 6. The van der Waals surface area contributed by atoms with Gasteiger partial charge < -0.3 is 8.98 Å². The minimum Gasteiger partial charge on any atom is -0.456 e. The normalized spacial score (nSPS) is 12.9. The van der Waals surface area contributed by atoms with Crippen molar-refractivity contribution in [3.63, 3.8) is 0 Å². The quantitative estimate of drug-likeness (QED) is 0.235. The number of nitrogens with zero attached hydrogens (tertiary/aromatic N) is 1. The Morgan fingerprint density at radius 1 is 0.615 bits per heavy atom. The fraction of sp³-hybridized carbons (Fsp3) is 0.0811. The molecule has 0 saturated carbocycles. The SMILES string of the molecule is Cc1cccc(-c2ccc3c4c(n(-c5ccc(-c6ccc7c(c6)oc6ccccc67)cc5)c3c2)C=CCC4)c1. The van der Waals surface area contributed by atoms with Crippen LogP contribution in [0, 0.1) is 6.92 Å². The van der Waals surface area contributed by atoms with Crippen LogP contribution >= 0.6 is 0 Å². The molecule has 0 unspecified atom stereocenters. The first kappa shape index (κ1) is 22.2. The Labute approximate surface area is 227 Å². The largest absolute Gasteiger partial charge is 0.456 e. The van der Waals surface area contributed by atoms with Crippen LogP contribution in [0.3, 0.4) is 0 Å². The van der Waals surface area contributed by atoms with E-state index in [-0.39, 0.29) is 0 Å². The fourth-order valence-electron chi connectivity index (χ4n) is 6.23. The van der Waals surface area contributed by atoms with E-state index in [0.29, 0.717) is 0 Å². The van der Waals surface area contributed by atoms with Crippen molar-refractivity contribution in [1.29, 1.82) is 0 Å². The third kappa shape index (κ3) is 3.56. The van der Waals surface area contributed by atoms with Gasteiger partial charge in [0.25, 0.3) is 0 Å². The lowest BCUT2D eigenvalue weighted by atomic mass is 9.98. The van der Waals surface area contributed by atoms with Gasteiger partial charge in [0, 0.05) is 27.5 Å². The van der Waals surface area contributed by atoms with Crippen LogP contribution < -0.4 is 0 Å². The zero-order valence-corrected chi connectivity index (χ0v) is 21.8. The van der Waals surface area contributed by atoms with Crippen molar-refractivity contribution in [3.05, 3.63) is 132 Å². The first-order valence-corrected chi connectivity index (χ1v) is 13.7. The van der Waals surface area contributed by atoms with E-state index in [1.165, 1.54) is 50.1 Å². The van der Waals surface area contributed by atoms with Gasteiger partial charge in [0.2, 0.25) is 0 Å². The zero-order chi connectivity index (χ0) is 25.9. The van der Waals surface area contributed by atoms with Crippen molar-refractivity contribution in [2.45, 2.75) is 19.8 Å². The third-order valence-corrected chi connectivity index (χ3v) is 8.14. The molecule has 0 saturated heterocycles. The van der Waals surface area contributed by atoms with Crippen LogP contribution in [0.1, 0.15) is 23.2 Å². The van der Waals surface area contributed by atoms with Crippen LogP contribution in [0.2, 0.25) is 0 Å². The molecular formula is C37H27NO. The molecule has 1 aliphatic carbocycles. The van der Waals surface area contributed by atoms with Crippen LogP contribution in [0.15, 0.2) is 120 Å². The van der Waals surface area contributed by atoms with E-state index in [4.69, 9.17) is 4.42 Å². The van der Waals surface area contributed by atoms with Gasteiger partial charge in [-0.15, -0.1) is 0 Å². The molecule has 0 atom stereocenters. The molecule has 0 bridgehead atoms. The van der Waals surface area contributed by atoms with Gasteiger partial charge in [-0.2, -0.15) is 0 Å². The number of hydrogen-bond acceptors (Lipinski definition) is 1. The minimum absolute atomic E-state index is 0.928. The van der Waals surface area contributed by atoms with Crippen LogP contribution in [0.4, 0.5) is 0 Å². The van der Waals surface area contributed by atoms with Gasteiger partial charge in [-0.05, 0) is 90.1 Å². The third-order valence-electron chi connectivity index (χ3n) is 8.14. The first-order valence-electron chi connectivity index (χ1n) is 13.7. The van der Waals surface area contributed by atoms with E-state index in [1.54, 1.807) is 0 Å². The summed E-state index contributed by atoms with van der Waals surface area (Å²) < 4.78 is 8.59. The van der Waals surface area contributed by atoms with Gasteiger partial charge in [-0.3, -0.25) is 0 Å². The molecule has 2 heteroatoms. The van der Waals surface area contributed by atoms with E-state index in [0.717, 1.165) is 40.3 Å². The van der Waals surface area contributed by atoms with Crippen LogP contribution in [0.5, 0.6) is 0 Å². The molecule has 0 N–H and O–H groups in total. The van der Waals surface area contributed by atoms with Gasteiger partial charge in [-0.25, -0.2) is 0 Å². The number of rotatable bonds is 3. The lowest BCUT2D eigenvalue weighted by Crippen LogP contribution is -2.00. The fourth-order valence-corrected chi connectivity index (χ4v) is 6.23. The topological polar surface area (TPSA) is 18.1 Å². The second-order valence-electron chi connectivity index (χ2n) is 10.6. The Morgan fingerprint density at radius 3 is 2.23 bits per heavy atom. The van der Waals surface area contributed by atoms with Gasteiger partial charge in [0.15, 0.2) is 0 Å². The number of hydrogen-bond donors (Lipinski definition) is 0. The molecule has 1 aliphatic rings. The zero-order valence-electron chi connectivity index (χ0n) is 21.8. The summed E-state index contributed by atoms with van der Waals surface area (Å²) in [5.41, 5.74) is 13.2. The number of para-hydroxylation sites is 1. The lowest BCUT2D eigenvalue weighted by Gasteiger charge is -2.13. The summed E-state index contributed by atoms with van der Waals surface area (Å²) in [6.45, 7) is 2.15. The van der Waals surface area contributed by atoms with Gasteiger partial charge in [0.1, 0.15) is 11.2 Å². The molecule has 0 fully saturated rings. The monoisotopic (exact) mass is 501 g/mol. The predicted octanol–water partition coefficient (Wildman–Crippen LogP) is 10.1. The Kier molecular flexibility index (Phi) is 4.90. The van der Waals surface area contributed by atoms with Crippen LogP contribution in [-0.4, -0.2) is 4.57 Å². The summed E-state index contributed by atoms with van der Waals surface area (Å²) in [6, 6.07) is 39.5. The van der Waals surface area contributed by atoms with Gasteiger partial charge in [-0.1, -0.05) is 84.4 Å². The Morgan fingerprint density at radius 2 is 1.36 bits per heavy atom. The Hall–Kier alpha value is -4.82. The van der Waals surface area contributed by atoms with Crippen molar-refractivity contribution in [2.75, 3.05) is 0 Å². The van der Waals surface area contributed by atoms with Crippen molar-refractivity contribution in [3.8, 4) is 27.9 Å². The maximum Gasteiger partial charge on any atom is 0.136 e. The maximum atomic E-state index is 6.15. The van der Waals surface area contributed by atoms with E-state index >= 15 is 0 Å². The summed E-state index contributed by atoms with van der Waals surface area (Å²) in [7, 11) is 0. The minimum atomic E-state index is 0.928. The van der Waals surface area contributed by atoms with E-state index < -0.39 is 0 Å². The predicted molar refractivity (Wildman–Crippen MR) is 164 cm³/mol. The average Bonchev–Trinajstić information content (AvgIpc) is 3.52. The second kappa shape index (κ2) is 8.61. The highest BCUT2D eigenvalue weighted by atomic mass is 16.3. The van der Waals surface area contributed by atoms with E-state index in [2.05, 4.69) is 121 Å². The summed E-state index contributed by atoms with van der Waals surface area (Å²) in [4.78, 5) is 0. The second-order valence-corrected chi connectivity index (χ2v) is 10.6.